The Kier molecular flexibility index (Phi) is 4.75. The van der Waals surface area contributed by atoms with Gasteiger partial charge in [0.05, 0.1) is 12.7 Å². The molecule has 1 aliphatic rings. The summed E-state index contributed by atoms with van der Waals surface area (Å²) in [6, 6.07) is 4.62. The average molecular weight is 314 g/mol. The summed E-state index contributed by atoms with van der Waals surface area (Å²) in [6.45, 7) is 4.61. The van der Waals surface area contributed by atoms with E-state index in [4.69, 9.17) is 10.5 Å². The highest BCUT2D eigenvalue weighted by atomic mass is 32.2. The molecule has 1 saturated heterocycles. The Bertz CT molecular complexity index is 603. The number of sulfonamides is 1. The Balaban J connectivity index is 2.37. The lowest BCUT2D eigenvalue weighted by atomic mass is 9.99. The van der Waals surface area contributed by atoms with E-state index in [1.54, 1.807) is 19.1 Å². The van der Waals surface area contributed by atoms with Gasteiger partial charge in [-0.15, -0.1) is 0 Å². The zero-order valence-electron chi connectivity index (χ0n) is 12.3. The molecule has 1 fully saturated rings. The summed E-state index contributed by atoms with van der Waals surface area (Å²) in [6.07, 6.45) is -0.0178. The Morgan fingerprint density at radius 3 is 2.81 bits per heavy atom. The largest absolute Gasteiger partial charge is 0.492 e. The van der Waals surface area contributed by atoms with Gasteiger partial charge >= 0.3 is 0 Å². The molecule has 0 aliphatic carbocycles. The minimum absolute atomic E-state index is 0.0907. The highest BCUT2D eigenvalue weighted by Crippen LogP contribution is 2.31. The van der Waals surface area contributed by atoms with Gasteiger partial charge in [-0.3, -0.25) is 0 Å². The van der Waals surface area contributed by atoms with Gasteiger partial charge in [0.2, 0.25) is 10.0 Å². The van der Waals surface area contributed by atoms with Gasteiger partial charge in [-0.1, -0.05) is 6.92 Å². The third-order valence-electron chi connectivity index (χ3n) is 3.71. The average Bonchev–Trinajstić information content (AvgIpc) is 2.44. The van der Waals surface area contributed by atoms with E-state index in [-0.39, 0.29) is 10.8 Å². The second-order valence-electron chi connectivity index (χ2n) is 5.34. The number of hydrogen-bond acceptors (Lipinski definition) is 5. The molecular formula is C14H22N2O4S. The molecule has 0 spiro atoms. The predicted octanol–water partition coefficient (Wildman–Crippen LogP) is 1.06. The number of nitrogen functional groups attached to an aromatic ring is 1. The van der Waals surface area contributed by atoms with Gasteiger partial charge < -0.3 is 15.6 Å². The van der Waals surface area contributed by atoms with E-state index in [2.05, 4.69) is 0 Å². The lowest BCUT2D eigenvalue weighted by Gasteiger charge is -2.33. The molecule has 2 atom stereocenters. The van der Waals surface area contributed by atoms with Crippen molar-refractivity contribution in [3.63, 3.8) is 0 Å². The van der Waals surface area contributed by atoms with Crippen molar-refractivity contribution in [1.29, 1.82) is 0 Å². The third kappa shape index (κ3) is 3.30. The minimum Gasteiger partial charge on any atom is -0.492 e. The van der Waals surface area contributed by atoms with Gasteiger partial charge in [-0.25, -0.2) is 8.42 Å². The molecule has 0 saturated carbocycles. The smallest absolute Gasteiger partial charge is 0.246 e. The normalized spacial score (nSPS) is 24.0. The van der Waals surface area contributed by atoms with Crippen LogP contribution in [0.1, 0.15) is 20.3 Å². The monoisotopic (exact) mass is 314 g/mol. The predicted molar refractivity (Wildman–Crippen MR) is 80.6 cm³/mol. The molecule has 1 heterocycles. The summed E-state index contributed by atoms with van der Waals surface area (Å²) in [4.78, 5) is 0.0907. The molecule has 1 aromatic rings. The van der Waals surface area contributed by atoms with Gasteiger partial charge in [0, 0.05) is 18.8 Å². The molecule has 0 aromatic heterocycles. The van der Waals surface area contributed by atoms with Crippen molar-refractivity contribution in [2.45, 2.75) is 31.3 Å². The Labute approximate surface area is 125 Å². The fraction of sp³-hybridized carbons (Fsp3) is 0.571. The zero-order chi connectivity index (χ0) is 15.6. The molecule has 118 valence electrons. The van der Waals surface area contributed by atoms with Crippen LogP contribution in [0.25, 0.3) is 0 Å². The number of ether oxygens (including phenoxy) is 1. The van der Waals surface area contributed by atoms with Crippen molar-refractivity contribution >= 4 is 15.7 Å². The maximum atomic E-state index is 12.8. The summed E-state index contributed by atoms with van der Waals surface area (Å²) >= 11 is 0. The number of aliphatic hydroxyl groups is 1. The zero-order valence-corrected chi connectivity index (χ0v) is 13.1. The second-order valence-corrected chi connectivity index (χ2v) is 7.24. The van der Waals surface area contributed by atoms with E-state index in [9.17, 15) is 13.5 Å². The molecule has 0 amide bonds. The first-order valence-corrected chi connectivity index (χ1v) is 8.50. The highest BCUT2D eigenvalue weighted by Gasteiger charge is 2.34. The van der Waals surface area contributed by atoms with Crippen molar-refractivity contribution in [3.05, 3.63) is 18.2 Å². The van der Waals surface area contributed by atoms with Crippen LogP contribution >= 0.6 is 0 Å². The molecular weight excluding hydrogens is 292 g/mol. The van der Waals surface area contributed by atoms with Gasteiger partial charge in [0.25, 0.3) is 0 Å². The fourth-order valence-corrected chi connectivity index (χ4v) is 4.17. The first-order valence-electron chi connectivity index (χ1n) is 7.06. The Hall–Kier alpha value is -1.31. The van der Waals surface area contributed by atoms with Gasteiger partial charge in [0.1, 0.15) is 10.6 Å². The molecule has 3 N–H and O–H groups in total. The molecule has 0 bridgehead atoms. The number of piperidine rings is 1. The first-order chi connectivity index (χ1) is 9.86. The van der Waals surface area contributed by atoms with E-state index in [1.165, 1.54) is 10.4 Å². The third-order valence-corrected chi connectivity index (χ3v) is 5.59. The fourth-order valence-electron chi connectivity index (χ4n) is 2.45. The van der Waals surface area contributed by atoms with Gasteiger partial charge in [0.15, 0.2) is 0 Å². The summed E-state index contributed by atoms with van der Waals surface area (Å²) in [5.74, 6) is 0.218. The molecule has 1 aromatic carbocycles. The number of nitrogens with zero attached hydrogens (tertiary/aromatic N) is 1. The quantitative estimate of drug-likeness (QED) is 0.811. The summed E-state index contributed by atoms with van der Waals surface area (Å²) in [5.41, 5.74) is 6.10. The van der Waals surface area contributed by atoms with E-state index < -0.39 is 16.1 Å². The van der Waals surface area contributed by atoms with Gasteiger partial charge in [-0.05, 0) is 37.5 Å². The number of rotatable bonds is 4. The number of benzene rings is 1. The van der Waals surface area contributed by atoms with Crippen LogP contribution in [-0.4, -0.2) is 43.6 Å². The molecule has 1 aliphatic heterocycles. The van der Waals surface area contributed by atoms with Crippen LogP contribution in [0.3, 0.4) is 0 Å². The standard InChI is InChI=1S/C14H22N2O4S/c1-3-20-13-5-4-11(15)8-14(13)21(18,19)16-7-6-12(17)10(2)9-16/h4-5,8,10,12,17H,3,6-7,9,15H2,1-2H3. The topological polar surface area (TPSA) is 92.9 Å². The minimum atomic E-state index is -3.68. The van der Waals surface area contributed by atoms with Crippen LogP contribution in [0.4, 0.5) is 5.69 Å². The Morgan fingerprint density at radius 1 is 1.48 bits per heavy atom. The SMILES string of the molecule is CCOc1ccc(N)cc1S(=O)(=O)N1CCC(O)C(C)C1. The van der Waals surface area contributed by atoms with Crippen LogP contribution in [0.5, 0.6) is 5.75 Å². The Morgan fingerprint density at radius 2 is 2.19 bits per heavy atom. The van der Waals surface area contributed by atoms with Crippen LogP contribution in [0, 0.1) is 5.92 Å². The first kappa shape index (κ1) is 16.1. The molecule has 2 rings (SSSR count). The van der Waals surface area contributed by atoms with Crippen molar-refractivity contribution in [2.75, 3.05) is 25.4 Å². The summed E-state index contributed by atoms with van der Waals surface area (Å²) in [5, 5.41) is 9.75. The van der Waals surface area contributed by atoms with E-state index in [0.29, 0.717) is 37.6 Å². The number of aliphatic hydroxyl groups excluding tert-OH is 1. The number of nitrogens with two attached hydrogens (primary N) is 1. The van der Waals surface area contributed by atoms with Crippen molar-refractivity contribution in [3.8, 4) is 5.75 Å². The van der Waals surface area contributed by atoms with E-state index in [1.807, 2.05) is 6.92 Å². The lowest BCUT2D eigenvalue weighted by Crippen LogP contribution is -2.44. The maximum Gasteiger partial charge on any atom is 0.246 e. The second kappa shape index (κ2) is 6.21. The van der Waals surface area contributed by atoms with Crippen LogP contribution in [0.15, 0.2) is 23.1 Å². The molecule has 2 unspecified atom stereocenters. The van der Waals surface area contributed by atoms with E-state index in [0.717, 1.165) is 0 Å². The van der Waals surface area contributed by atoms with Crippen molar-refractivity contribution in [1.82, 2.24) is 4.31 Å². The summed E-state index contributed by atoms with van der Waals surface area (Å²) < 4.78 is 32.4. The number of hydrogen-bond donors (Lipinski definition) is 2. The summed E-state index contributed by atoms with van der Waals surface area (Å²) in [7, 11) is -3.68. The molecule has 21 heavy (non-hydrogen) atoms. The van der Waals surface area contributed by atoms with Crippen molar-refractivity contribution in [2.24, 2.45) is 5.92 Å². The maximum absolute atomic E-state index is 12.8. The van der Waals surface area contributed by atoms with Crippen molar-refractivity contribution < 1.29 is 18.3 Å². The van der Waals surface area contributed by atoms with Gasteiger partial charge in [-0.2, -0.15) is 4.31 Å². The van der Waals surface area contributed by atoms with Crippen LogP contribution in [0.2, 0.25) is 0 Å². The molecule has 7 heteroatoms. The highest BCUT2D eigenvalue weighted by molar-refractivity contribution is 7.89. The van der Waals surface area contributed by atoms with E-state index >= 15 is 0 Å². The number of anilines is 1. The molecule has 0 radical (unpaired) electrons. The lowest BCUT2D eigenvalue weighted by molar-refractivity contribution is 0.0628. The van der Waals surface area contributed by atoms with Crippen LogP contribution in [-0.2, 0) is 10.0 Å². The molecule has 6 nitrogen and oxygen atoms in total. The van der Waals surface area contributed by atoms with Crippen LogP contribution < -0.4 is 10.5 Å².